The molecule has 0 aliphatic carbocycles. The number of nitrogens with zero attached hydrogens (tertiary/aromatic N) is 1. The summed E-state index contributed by atoms with van der Waals surface area (Å²) in [5.74, 6) is -0.272. The zero-order chi connectivity index (χ0) is 16.4. The van der Waals surface area contributed by atoms with Gasteiger partial charge in [-0.2, -0.15) is 0 Å². The number of benzene rings is 3. The molecule has 0 aliphatic heterocycles. The average Bonchev–Trinajstić information content (AvgIpc) is 2.55. The van der Waals surface area contributed by atoms with Crippen molar-refractivity contribution in [2.75, 3.05) is 4.90 Å². The Morgan fingerprint density at radius 3 is 1.57 bits per heavy atom. The molecule has 0 saturated carbocycles. The van der Waals surface area contributed by atoms with E-state index in [9.17, 15) is 4.39 Å². The van der Waals surface area contributed by atoms with Crippen LogP contribution in [0.5, 0.6) is 0 Å². The molecule has 0 heterocycles. The first-order valence-corrected chi connectivity index (χ1v) is 8.22. The van der Waals surface area contributed by atoms with E-state index >= 15 is 0 Å². The Bertz CT molecular complexity index is 765. The molecule has 0 bridgehead atoms. The van der Waals surface area contributed by atoms with E-state index in [-0.39, 0.29) is 5.82 Å². The molecule has 3 aromatic carbocycles. The second-order valence-electron chi connectivity index (χ2n) is 5.60. The van der Waals surface area contributed by atoms with Gasteiger partial charge in [0.15, 0.2) is 0 Å². The maximum absolute atomic E-state index is 14.0. The molecule has 1 nitrogen and oxygen atoms in total. The molecule has 0 radical (unpaired) electrons. The molecular weight excluding hydrogens is 353 g/mol. The Morgan fingerprint density at radius 2 is 1.13 bits per heavy atom. The Hall–Kier alpha value is -2.13. The van der Waals surface area contributed by atoms with Crippen LogP contribution in [0.1, 0.15) is 11.1 Å². The smallest absolute Gasteiger partial charge is 0.139 e. The lowest BCUT2D eigenvalue weighted by Gasteiger charge is -2.26. The second-order valence-corrected chi connectivity index (χ2v) is 6.46. The molecule has 0 N–H and O–H groups in total. The van der Waals surface area contributed by atoms with Gasteiger partial charge in [0.2, 0.25) is 0 Å². The fraction of sp³-hybridized carbons (Fsp3) is 0.100. The lowest BCUT2D eigenvalue weighted by molar-refractivity contribution is 0.621. The quantitative estimate of drug-likeness (QED) is 0.497. The molecular formula is C20H17BrFN. The summed E-state index contributed by atoms with van der Waals surface area (Å²) in [6.45, 7) is 4.11. The summed E-state index contributed by atoms with van der Waals surface area (Å²) in [7, 11) is 0. The first-order valence-electron chi connectivity index (χ1n) is 7.43. The molecule has 3 rings (SSSR count). The minimum absolute atomic E-state index is 0.272. The van der Waals surface area contributed by atoms with E-state index in [0.717, 1.165) is 17.1 Å². The van der Waals surface area contributed by atoms with Crippen molar-refractivity contribution in [2.24, 2.45) is 0 Å². The first kappa shape index (κ1) is 15.8. The Balaban J connectivity index is 2.14. The van der Waals surface area contributed by atoms with Crippen molar-refractivity contribution in [3.8, 4) is 0 Å². The summed E-state index contributed by atoms with van der Waals surface area (Å²) in [6.07, 6.45) is 0. The molecule has 0 amide bonds. The van der Waals surface area contributed by atoms with Crippen molar-refractivity contribution in [3.05, 3.63) is 88.1 Å². The van der Waals surface area contributed by atoms with Gasteiger partial charge in [0.1, 0.15) is 5.82 Å². The van der Waals surface area contributed by atoms with Gasteiger partial charge in [-0.25, -0.2) is 4.39 Å². The molecule has 0 atom stereocenters. The fourth-order valence-corrected chi connectivity index (χ4v) is 2.71. The van der Waals surface area contributed by atoms with E-state index in [1.165, 1.54) is 11.1 Å². The fourth-order valence-electron chi connectivity index (χ4n) is 2.46. The van der Waals surface area contributed by atoms with Crippen molar-refractivity contribution in [1.29, 1.82) is 0 Å². The predicted molar refractivity (Wildman–Crippen MR) is 98.3 cm³/mol. The highest BCUT2D eigenvalue weighted by Gasteiger charge is 2.13. The number of rotatable bonds is 3. The summed E-state index contributed by atoms with van der Waals surface area (Å²) in [5.41, 5.74) is 5.18. The van der Waals surface area contributed by atoms with E-state index in [1.54, 1.807) is 12.1 Å². The molecule has 0 aromatic heterocycles. The summed E-state index contributed by atoms with van der Waals surface area (Å²) in [5, 5.41) is 0. The normalized spacial score (nSPS) is 10.6. The SMILES string of the molecule is Cc1ccc(N(c2ccc(C)cc2)c2ccc(Br)c(F)c2)cc1. The van der Waals surface area contributed by atoms with Gasteiger partial charge in [0, 0.05) is 17.1 Å². The Morgan fingerprint density at radius 1 is 0.696 bits per heavy atom. The summed E-state index contributed by atoms with van der Waals surface area (Å²) in [6, 6.07) is 21.6. The molecule has 0 aliphatic rings. The number of halogens is 2. The van der Waals surface area contributed by atoms with E-state index in [0.29, 0.717) is 4.47 Å². The van der Waals surface area contributed by atoms with Crippen molar-refractivity contribution in [2.45, 2.75) is 13.8 Å². The second kappa shape index (κ2) is 6.55. The number of hydrogen-bond acceptors (Lipinski definition) is 1. The van der Waals surface area contributed by atoms with Crippen LogP contribution in [0.4, 0.5) is 21.5 Å². The standard InChI is InChI=1S/C20H17BrFN/c1-14-3-7-16(8-4-14)23(17-9-5-15(2)6-10-17)18-11-12-19(21)20(22)13-18/h3-13H,1-2H3. The summed E-state index contributed by atoms with van der Waals surface area (Å²) in [4.78, 5) is 2.05. The lowest BCUT2D eigenvalue weighted by Crippen LogP contribution is -2.10. The van der Waals surface area contributed by atoms with Crippen LogP contribution < -0.4 is 4.90 Å². The average molecular weight is 370 g/mol. The maximum Gasteiger partial charge on any atom is 0.139 e. The van der Waals surface area contributed by atoms with Gasteiger partial charge in [0.25, 0.3) is 0 Å². The van der Waals surface area contributed by atoms with Crippen LogP contribution in [0, 0.1) is 19.7 Å². The van der Waals surface area contributed by atoms with Gasteiger partial charge in [-0.15, -0.1) is 0 Å². The van der Waals surface area contributed by atoms with Crippen LogP contribution in [-0.4, -0.2) is 0 Å². The molecule has 0 saturated heterocycles. The van der Waals surface area contributed by atoms with Crippen molar-refractivity contribution in [1.82, 2.24) is 0 Å². The van der Waals surface area contributed by atoms with Gasteiger partial charge >= 0.3 is 0 Å². The molecule has 0 unspecified atom stereocenters. The minimum atomic E-state index is -0.272. The van der Waals surface area contributed by atoms with E-state index in [4.69, 9.17) is 0 Å². The van der Waals surface area contributed by atoms with Crippen LogP contribution >= 0.6 is 15.9 Å². The van der Waals surface area contributed by atoms with Crippen LogP contribution in [-0.2, 0) is 0 Å². The monoisotopic (exact) mass is 369 g/mol. The molecule has 0 spiro atoms. The topological polar surface area (TPSA) is 3.24 Å². The summed E-state index contributed by atoms with van der Waals surface area (Å²) >= 11 is 3.22. The zero-order valence-corrected chi connectivity index (χ0v) is 14.6. The number of hydrogen-bond donors (Lipinski definition) is 0. The predicted octanol–water partition coefficient (Wildman–Crippen LogP) is 6.67. The van der Waals surface area contributed by atoms with Crippen LogP contribution in [0.25, 0.3) is 0 Å². The highest BCUT2D eigenvalue weighted by Crippen LogP contribution is 2.35. The highest BCUT2D eigenvalue weighted by molar-refractivity contribution is 9.10. The van der Waals surface area contributed by atoms with Crippen molar-refractivity contribution >= 4 is 33.0 Å². The van der Waals surface area contributed by atoms with E-state index in [1.807, 2.05) is 6.07 Å². The van der Waals surface area contributed by atoms with Gasteiger partial charge in [-0.05, 0) is 72.2 Å². The third kappa shape index (κ3) is 3.45. The summed E-state index contributed by atoms with van der Waals surface area (Å²) < 4.78 is 14.5. The van der Waals surface area contributed by atoms with Gasteiger partial charge < -0.3 is 4.90 Å². The number of anilines is 3. The lowest BCUT2D eigenvalue weighted by atomic mass is 10.1. The minimum Gasteiger partial charge on any atom is -0.310 e. The Labute approximate surface area is 144 Å². The Kier molecular flexibility index (Phi) is 4.49. The van der Waals surface area contributed by atoms with E-state index in [2.05, 4.69) is 83.2 Å². The molecule has 3 aromatic rings. The highest BCUT2D eigenvalue weighted by atomic mass is 79.9. The molecule has 3 heteroatoms. The zero-order valence-electron chi connectivity index (χ0n) is 13.1. The van der Waals surface area contributed by atoms with Gasteiger partial charge in [0.05, 0.1) is 4.47 Å². The van der Waals surface area contributed by atoms with Crippen LogP contribution in [0.2, 0.25) is 0 Å². The van der Waals surface area contributed by atoms with Gasteiger partial charge in [-0.3, -0.25) is 0 Å². The van der Waals surface area contributed by atoms with Crippen LogP contribution in [0.15, 0.2) is 71.2 Å². The van der Waals surface area contributed by atoms with Gasteiger partial charge in [-0.1, -0.05) is 35.4 Å². The molecule has 23 heavy (non-hydrogen) atoms. The third-order valence-electron chi connectivity index (χ3n) is 3.75. The van der Waals surface area contributed by atoms with Crippen LogP contribution in [0.3, 0.4) is 0 Å². The van der Waals surface area contributed by atoms with Crippen molar-refractivity contribution in [3.63, 3.8) is 0 Å². The maximum atomic E-state index is 14.0. The number of aryl methyl sites for hydroxylation is 2. The molecule has 0 fully saturated rings. The first-order chi connectivity index (χ1) is 11.0. The molecule has 116 valence electrons. The van der Waals surface area contributed by atoms with Crippen molar-refractivity contribution < 1.29 is 4.39 Å². The van der Waals surface area contributed by atoms with E-state index < -0.39 is 0 Å². The largest absolute Gasteiger partial charge is 0.310 e. The third-order valence-corrected chi connectivity index (χ3v) is 4.39.